The second kappa shape index (κ2) is 6.16. The number of amides is 1. The Hall–Kier alpha value is -1.55. The molecule has 4 heteroatoms. The standard InChI is InChI=1S/C19H27N3O/c1-14-12-22(17-8-9-17)13-18(14)20-19(23)15-4-6-16(7-5-15)21-10-2-3-11-21/h4-7,14,17-18H,2-3,8-13H2,1H3,(H,20,23)/t14-,18+/m1/s1. The van der Waals surface area contributed by atoms with Gasteiger partial charge in [0, 0.05) is 49.5 Å². The lowest BCUT2D eigenvalue weighted by molar-refractivity contribution is 0.0931. The Balaban J connectivity index is 1.36. The summed E-state index contributed by atoms with van der Waals surface area (Å²) in [7, 11) is 0. The number of nitrogens with zero attached hydrogens (tertiary/aromatic N) is 2. The molecule has 4 rings (SSSR count). The third-order valence-electron chi connectivity index (χ3n) is 5.62. The largest absolute Gasteiger partial charge is 0.372 e. The van der Waals surface area contributed by atoms with Crippen molar-refractivity contribution < 1.29 is 4.79 Å². The smallest absolute Gasteiger partial charge is 0.251 e. The van der Waals surface area contributed by atoms with E-state index in [-0.39, 0.29) is 5.91 Å². The van der Waals surface area contributed by atoms with E-state index in [1.807, 2.05) is 12.1 Å². The predicted octanol–water partition coefficient (Wildman–Crippen LogP) is 2.50. The Labute approximate surface area is 138 Å². The SMILES string of the molecule is C[C@@H]1CN(C2CC2)C[C@@H]1NC(=O)c1ccc(N2CCCC2)cc1. The number of hydrogen-bond acceptors (Lipinski definition) is 3. The Morgan fingerprint density at radius 2 is 1.78 bits per heavy atom. The highest BCUT2D eigenvalue weighted by atomic mass is 16.1. The van der Waals surface area contributed by atoms with Crippen molar-refractivity contribution in [2.45, 2.75) is 44.7 Å². The summed E-state index contributed by atoms with van der Waals surface area (Å²) < 4.78 is 0. The summed E-state index contributed by atoms with van der Waals surface area (Å²) in [4.78, 5) is 17.5. The lowest BCUT2D eigenvalue weighted by Crippen LogP contribution is -2.40. The van der Waals surface area contributed by atoms with Gasteiger partial charge in [-0.3, -0.25) is 9.69 Å². The number of carbonyl (C=O) groups is 1. The summed E-state index contributed by atoms with van der Waals surface area (Å²) in [6.45, 7) is 6.68. The van der Waals surface area contributed by atoms with Gasteiger partial charge >= 0.3 is 0 Å². The Kier molecular flexibility index (Phi) is 4.02. The molecule has 4 nitrogen and oxygen atoms in total. The summed E-state index contributed by atoms with van der Waals surface area (Å²) in [5.41, 5.74) is 2.03. The van der Waals surface area contributed by atoms with Crippen molar-refractivity contribution in [3.8, 4) is 0 Å². The second-order valence-electron chi connectivity index (χ2n) is 7.48. The highest BCUT2D eigenvalue weighted by Crippen LogP contribution is 2.31. The third-order valence-corrected chi connectivity index (χ3v) is 5.62. The van der Waals surface area contributed by atoms with Crippen LogP contribution in [-0.4, -0.2) is 49.1 Å². The van der Waals surface area contributed by atoms with Gasteiger partial charge in [-0.25, -0.2) is 0 Å². The van der Waals surface area contributed by atoms with Crippen molar-refractivity contribution in [2.75, 3.05) is 31.1 Å². The molecule has 23 heavy (non-hydrogen) atoms. The van der Waals surface area contributed by atoms with Crippen LogP contribution in [-0.2, 0) is 0 Å². The molecule has 2 saturated heterocycles. The molecule has 1 aromatic carbocycles. The highest BCUT2D eigenvalue weighted by molar-refractivity contribution is 5.94. The van der Waals surface area contributed by atoms with Gasteiger partial charge in [-0.05, 0) is 55.9 Å². The normalized spacial score (nSPS) is 28.3. The third kappa shape index (κ3) is 3.23. The predicted molar refractivity (Wildman–Crippen MR) is 92.9 cm³/mol. The van der Waals surface area contributed by atoms with Crippen LogP contribution < -0.4 is 10.2 Å². The average molecular weight is 313 g/mol. The van der Waals surface area contributed by atoms with Gasteiger partial charge in [0.05, 0.1) is 0 Å². The number of carbonyl (C=O) groups excluding carboxylic acids is 1. The number of hydrogen-bond donors (Lipinski definition) is 1. The van der Waals surface area contributed by atoms with E-state index >= 15 is 0 Å². The summed E-state index contributed by atoms with van der Waals surface area (Å²) in [6.07, 6.45) is 5.23. The van der Waals surface area contributed by atoms with Crippen molar-refractivity contribution >= 4 is 11.6 Å². The maximum atomic E-state index is 12.5. The van der Waals surface area contributed by atoms with Crippen LogP contribution in [0.5, 0.6) is 0 Å². The molecule has 0 aromatic heterocycles. The average Bonchev–Trinajstić information content (AvgIpc) is 3.14. The fraction of sp³-hybridized carbons (Fsp3) is 0.632. The minimum absolute atomic E-state index is 0.0764. The molecule has 124 valence electrons. The maximum absolute atomic E-state index is 12.5. The summed E-state index contributed by atoms with van der Waals surface area (Å²) in [5.74, 6) is 0.621. The van der Waals surface area contributed by atoms with Crippen LogP contribution in [0.1, 0.15) is 43.0 Å². The van der Waals surface area contributed by atoms with Gasteiger partial charge in [0.15, 0.2) is 0 Å². The fourth-order valence-corrected chi connectivity index (χ4v) is 3.98. The molecule has 0 radical (unpaired) electrons. The number of anilines is 1. The van der Waals surface area contributed by atoms with Gasteiger partial charge in [-0.2, -0.15) is 0 Å². The van der Waals surface area contributed by atoms with E-state index in [1.54, 1.807) is 0 Å². The lowest BCUT2D eigenvalue weighted by atomic mass is 10.1. The first kappa shape index (κ1) is 15.0. The first-order valence-corrected chi connectivity index (χ1v) is 9.10. The number of likely N-dealkylation sites (tertiary alicyclic amines) is 1. The molecule has 1 aromatic rings. The molecule has 2 aliphatic heterocycles. The van der Waals surface area contributed by atoms with E-state index in [9.17, 15) is 4.79 Å². The fourth-order valence-electron chi connectivity index (χ4n) is 3.98. The van der Waals surface area contributed by atoms with Gasteiger partial charge in [0.2, 0.25) is 0 Å². The van der Waals surface area contributed by atoms with Crippen molar-refractivity contribution in [3.05, 3.63) is 29.8 Å². The summed E-state index contributed by atoms with van der Waals surface area (Å²) >= 11 is 0. The Bertz CT molecular complexity index is 560. The van der Waals surface area contributed by atoms with Crippen LogP contribution >= 0.6 is 0 Å². The first-order valence-electron chi connectivity index (χ1n) is 9.10. The van der Waals surface area contributed by atoms with E-state index in [0.29, 0.717) is 12.0 Å². The summed E-state index contributed by atoms with van der Waals surface area (Å²) in [6, 6.07) is 9.21. The Morgan fingerprint density at radius 1 is 1.09 bits per heavy atom. The number of nitrogens with one attached hydrogen (secondary N) is 1. The molecule has 1 amide bonds. The molecule has 3 aliphatic rings. The molecule has 0 unspecified atom stereocenters. The van der Waals surface area contributed by atoms with Crippen LogP contribution in [0.15, 0.2) is 24.3 Å². The molecule has 3 fully saturated rings. The molecule has 2 heterocycles. The van der Waals surface area contributed by atoms with Crippen molar-refractivity contribution in [1.82, 2.24) is 10.2 Å². The molecule has 2 atom stereocenters. The van der Waals surface area contributed by atoms with Gasteiger partial charge in [-0.15, -0.1) is 0 Å². The van der Waals surface area contributed by atoms with Crippen LogP contribution in [0.2, 0.25) is 0 Å². The lowest BCUT2D eigenvalue weighted by Gasteiger charge is -2.19. The molecule has 0 spiro atoms. The minimum Gasteiger partial charge on any atom is -0.372 e. The molecule has 1 saturated carbocycles. The monoisotopic (exact) mass is 313 g/mol. The highest BCUT2D eigenvalue weighted by Gasteiger charge is 2.38. The topological polar surface area (TPSA) is 35.6 Å². The quantitative estimate of drug-likeness (QED) is 0.928. The van der Waals surface area contributed by atoms with Crippen LogP contribution in [0, 0.1) is 5.92 Å². The van der Waals surface area contributed by atoms with Crippen LogP contribution in [0.3, 0.4) is 0 Å². The molecule has 1 N–H and O–H groups in total. The molecule has 1 aliphatic carbocycles. The van der Waals surface area contributed by atoms with E-state index in [4.69, 9.17) is 0 Å². The van der Waals surface area contributed by atoms with Gasteiger partial charge in [-0.1, -0.05) is 6.92 Å². The Morgan fingerprint density at radius 3 is 2.43 bits per heavy atom. The maximum Gasteiger partial charge on any atom is 0.251 e. The van der Waals surface area contributed by atoms with Crippen molar-refractivity contribution in [1.29, 1.82) is 0 Å². The first-order chi connectivity index (χ1) is 11.2. The van der Waals surface area contributed by atoms with Gasteiger partial charge in [0.1, 0.15) is 0 Å². The minimum atomic E-state index is 0.0764. The zero-order valence-corrected chi connectivity index (χ0v) is 14.0. The van der Waals surface area contributed by atoms with Crippen LogP contribution in [0.4, 0.5) is 5.69 Å². The second-order valence-corrected chi connectivity index (χ2v) is 7.48. The van der Waals surface area contributed by atoms with E-state index < -0.39 is 0 Å². The zero-order chi connectivity index (χ0) is 15.8. The molecular weight excluding hydrogens is 286 g/mol. The zero-order valence-electron chi connectivity index (χ0n) is 14.0. The summed E-state index contributed by atoms with van der Waals surface area (Å²) in [5, 5.41) is 3.25. The van der Waals surface area contributed by atoms with E-state index in [2.05, 4.69) is 34.2 Å². The van der Waals surface area contributed by atoms with Crippen LogP contribution in [0.25, 0.3) is 0 Å². The molecular formula is C19H27N3O. The van der Waals surface area contributed by atoms with Gasteiger partial charge < -0.3 is 10.2 Å². The number of benzene rings is 1. The van der Waals surface area contributed by atoms with Gasteiger partial charge in [0.25, 0.3) is 5.91 Å². The van der Waals surface area contributed by atoms with Crippen molar-refractivity contribution in [2.24, 2.45) is 5.92 Å². The van der Waals surface area contributed by atoms with Crippen molar-refractivity contribution in [3.63, 3.8) is 0 Å². The van der Waals surface area contributed by atoms with E-state index in [1.165, 1.54) is 31.4 Å². The van der Waals surface area contributed by atoms with E-state index in [0.717, 1.165) is 37.8 Å². The molecule has 0 bridgehead atoms. The number of rotatable bonds is 4.